The van der Waals surface area contributed by atoms with Crippen molar-refractivity contribution in [2.45, 2.75) is 6.61 Å². The van der Waals surface area contributed by atoms with Gasteiger partial charge < -0.3 is 20.3 Å². The van der Waals surface area contributed by atoms with Crippen molar-refractivity contribution in [2.24, 2.45) is 5.73 Å². The molecular weight excluding hydrogens is 411 g/mol. The molecule has 0 aliphatic carbocycles. The van der Waals surface area contributed by atoms with Gasteiger partial charge >= 0.3 is 0 Å². The Morgan fingerprint density at radius 1 is 1.00 bits per heavy atom. The zero-order chi connectivity index (χ0) is 22.5. The Labute approximate surface area is 185 Å². The molecule has 4 rings (SSSR count). The van der Waals surface area contributed by atoms with Crippen LogP contribution >= 0.6 is 0 Å². The molecule has 2 heterocycles. The minimum Gasteiger partial charge on any atom is -0.488 e. The lowest BCUT2D eigenvalue weighted by atomic mass is 10.1. The van der Waals surface area contributed by atoms with Crippen LogP contribution in [0.2, 0.25) is 0 Å². The van der Waals surface area contributed by atoms with Crippen LogP contribution in [-0.4, -0.2) is 47.9 Å². The van der Waals surface area contributed by atoms with Crippen molar-refractivity contribution < 1.29 is 18.7 Å². The fourth-order valence-corrected chi connectivity index (χ4v) is 3.66. The smallest absolute Gasteiger partial charge is 0.255 e. The number of aromatic nitrogens is 1. The molecule has 1 aromatic heterocycles. The van der Waals surface area contributed by atoms with Crippen molar-refractivity contribution in [1.29, 1.82) is 0 Å². The van der Waals surface area contributed by atoms with Crippen molar-refractivity contribution in [2.75, 3.05) is 31.1 Å². The molecule has 2 N–H and O–H groups in total. The topological polar surface area (TPSA) is 88.8 Å². The van der Waals surface area contributed by atoms with E-state index in [9.17, 15) is 14.0 Å². The van der Waals surface area contributed by atoms with E-state index in [1.54, 1.807) is 30.5 Å². The first-order valence-electron chi connectivity index (χ1n) is 10.3. The third kappa shape index (κ3) is 4.69. The summed E-state index contributed by atoms with van der Waals surface area (Å²) in [6.07, 6.45) is 3.57. The van der Waals surface area contributed by atoms with Gasteiger partial charge in [0.1, 0.15) is 23.7 Å². The Bertz CT molecular complexity index is 1100. The highest BCUT2D eigenvalue weighted by atomic mass is 19.1. The number of anilines is 1. The summed E-state index contributed by atoms with van der Waals surface area (Å²) < 4.78 is 19.4. The predicted octanol–water partition coefficient (Wildman–Crippen LogP) is 2.86. The van der Waals surface area contributed by atoms with Crippen LogP contribution in [0, 0.1) is 5.82 Å². The predicted molar refractivity (Wildman–Crippen MR) is 118 cm³/mol. The average molecular weight is 434 g/mol. The third-order valence-electron chi connectivity index (χ3n) is 5.39. The van der Waals surface area contributed by atoms with E-state index in [1.165, 1.54) is 12.1 Å². The van der Waals surface area contributed by atoms with Crippen molar-refractivity contribution in [3.8, 4) is 5.75 Å². The minimum atomic E-state index is -0.886. The Morgan fingerprint density at radius 2 is 1.75 bits per heavy atom. The van der Waals surface area contributed by atoms with Crippen LogP contribution in [0.15, 0.2) is 67.0 Å². The average Bonchev–Trinajstić information content (AvgIpc) is 2.83. The molecule has 0 radical (unpaired) electrons. The molecule has 0 saturated carbocycles. The number of carbonyl (C=O) groups is 2. The summed E-state index contributed by atoms with van der Waals surface area (Å²) in [5.41, 5.74) is 7.40. The van der Waals surface area contributed by atoms with E-state index in [0.717, 1.165) is 30.4 Å². The Kier molecular flexibility index (Phi) is 6.30. The molecule has 2 aromatic carbocycles. The number of carbonyl (C=O) groups excluding carboxylic acids is 2. The number of hydrogen-bond acceptors (Lipinski definition) is 5. The molecule has 2 amide bonds. The van der Waals surface area contributed by atoms with Gasteiger partial charge in [0.25, 0.3) is 11.8 Å². The molecule has 8 heteroatoms. The molecule has 1 aliphatic heterocycles. The van der Waals surface area contributed by atoms with Gasteiger partial charge in [-0.15, -0.1) is 0 Å². The zero-order valence-corrected chi connectivity index (χ0v) is 17.4. The van der Waals surface area contributed by atoms with Crippen molar-refractivity contribution >= 4 is 17.5 Å². The van der Waals surface area contributed by atoms with Crippen molar-refractivity contribution in [1.82, 2.24) is 9.88 Å². The fourth-order valence-electron chi connectivity index (χ4n) is 3.66. The van der Waals surface area contributed by atoms with Crippen LogP contribution in [0.5, 0.6) is 5.75 Å². The maximum atomic E-state index is 13.8. The summed E-state index contributed by atoms with van der Waals surface area (Å²) in [5, 5.41) is 0. The molecule has 0 spiro atoms. The largest absolute Gasteiger partial charge is 0.488 e. The summed E-state index contributed by atoms with van der Waals surface area (Å²) in [5.74, 6) is -1.55. The maximum Gasteiger partial charge on any atom is 0.255 e. The van der Waals surface area contributed by atoms with E-state index in [-0.39, 0.29) is 23.8 Å². The third-order valence-corrected chi connectivity index (χ3v) is 5.39. The number of rotatable bonds is 6. The fraction of sp³-hybridized carbons (Fsp3) is 0.208. The van der Waals surface area contributed by atoms with Gasteiger partial charge in [-0.2, -0.15) is 0 Å². The lowest BCUT2D eigenvalue weighted by Gasteiger charge is -2.36. The molecule has 0 unspecified atom stereocenters. The van der Waals surface area contributed by atoms with Crippen LogP contribution < -0.4 is 15.4 Å². The lowest BCUT2D eigenvalue weighted by molar-refractivity contribution is 0.0746. The molecule has 0 bridgehead atoms. The van der Waals surface area contributed by atoms with Gasteiger partial charge in [-0.05, 0) is 42.0 Å². The van der Waals surface area contributed by atoms with Gasteiger partial charge in [0.2, 0.25) is 0 Å². The first-order valence-corrected chi connectivity index (χ1v) is 10.3. The van der Waals surface area contributed by atoms with Crippen molar-refractivity contribution in [3.05, 3.63) is 89.5 Å². The van der Waals surface area contributed by atoms with Gasteiger partial charge in [-0.25, -0.2) is 4.39 Å². The van der Waals surface area contributed by atoms with Gasteiger partial charge in [0.15, 0.2) is 0 Å². The number of benzene rings is 2. The quantitative estimate of drug-likeness (QED) is 0.645. The van der Waals surface area contributed by atoms with Crippen LogP contribution in [0.4, 0.5) is 10.1 Å². The summed E-state index contributed by atoms with van der Waals surface area (Å²) in [7, 11) is 0. The molecule has 1 fully saturated rings. The van der Waals surface area contributed by atoms with E-state index < -0.39 is 11.7 Å². The number of nitrogens with zero attached hydrogens (tertiary/aromatic N) is 3. The SMILES string of the molecule is NC(=O)c1c(F)cccc1OCc1ccc(C(=O)N2CCN(c3cccnc3)CC2)cc1. The normalized spacial score (nSPS) is 13.7. The first-order chi connectivity index (χ1) is 15.5. The summed E-state index contributed by atoms with van der Waals surface area (Å²) in [4.78, 5) is 32.5. The highest BCUT2D eigenvalue weighted by Gasteiger charge is 2.22. The molecule has 1 saturated heterocycles. The van der Waals surface area contributed by atoms with E-state index >= 15 is 0 Å². The molecule has 32 heavy (non-hydrogen) atoms. The van der Waals surface area contributed by atoms with Crippen LogP contribution in [0.3, 0.4) is 0 Å². The molecule has 0 atom stereocenters. The lowest BCUT2D eigenvalue weighted by Crippen LogP contribution is -2.48. The zero-order valence-electron chi connectivity index (χ0n) is 17.4. The number of primary amides is 1. The van der Waals surface area contributed by atoms with Crippen LogP contribution in [-0.2, 0) is 6.61 Å². The number of ether oxygens (including phenoxy) is 1. The van der Waals surface area contributed by atoms with Gasteiger partial charge in [-0.3, -0.25) is 14.6 Å². The second kappa shape index (κ2) is 9.47. The van der Waals surface area contributed by atoms with Gasteiger partial charge in [-0.1, -0.05) is 18.2 Å². The monoisotopic (exact) mass is 434 g/mol. The van der Waals surface area contributed by atoms with E-state index in [1.807, 2.05) is 23.2 Å². The van der Waals surface area contributed by atoms with E-state index in [0.29, 0.717) is 18.7 Å². The van der Waals surface area contributed by atoms with Gasteiger partial charge in [0, 0.05) is 37.9 Å². The van der Waals surface area contributed by atoms with Gasteiger partial charge in [0.05, 0.1) is 11.9 Å². The Balaban J connectivity index is 1.35. The number of halogens is 1. The highest BCUT2D eigenvalue weighted by molar-refractivity contribution is 5.96. The Hall–Kier alpha value is -3.94. The summed E-state index contributed by atoms with van der Waals surface area (Å²) in [6, 6.07) is 15.1. The second-order valence-corrected chi connectivity index (χ2v) is 7.45. The molecular formula is C24H23FN4O3. The Morgan fingerprint density at radius 3 is 2.41 bits per heavy atom. The minimum absolute atomic E-state index is 0.0237. The number of pyridine rings is 1. The van der Waals surface area contributed by atoms with Crippen LogP contribution in [0.1, 0.15) is 26.3 Å². The molecule has 164 valence electrons. The second-order valence-electron chi connectivity index (χ2n) is 7.45. The maximum absolute atomic E-state index is 13.8. The summed E-state index contributed by atoms with van der Waals surface area (Å²) >= 11 is 0. The number of amides is 2. The first kappa shape index (κ1) is 21.3. The van der Waals surface area contributed by atoms with Crippen molar-refractivity contribution in [3.63, 3.8) is 0 Å². The molecule has 3 aromatic rings. The summed E-state index contributed by atoms with van der Waals surface area (Å²) in [6.45, 7) is 2.88. The number of hydrogen-bond donors (Lipinski definition) is 1. The standard InChI is InChI=1S/C24H23FN4O3/c25-20-4-1-5-21(22(20)23(26)30)32-16-17-6-8-18(9-7-17)24(31)29-13-11-28(12-14-29)19-3-2-10-27-15-19/h1-10,15H,11-14,16H2,(H2,26,30). The highest BCUT2D eigenvalue weighted by Crippen LogP contribution is 2.22. The number of nitrogens with two attached hydrogens (primary N) is 1. The van der Waals surface area contributed by atoms with Crippen LogP contribution in [0.25, 0.3) is 0 Å². The molecule has 7 nitrogen and oxygen atoms in total. The van der Waals surface area contributed by atoms with E-state index in [4.69, 9.17) is 10.5 Å². The molecule has 1 aliphatic rings. The number of piperazine rings is 1. The van der Waals surface area contributed by atoms with E-state index in [2.05, 4.69) is 9.88 Å².